The van der Waals surface area contributed by atoms with Gasteiger partial charge in [0, 0.05) is 43.5 Å². The predicted octanol–water partition coefficient (Wildman–Crippen LogP) is 4.06. The maximum Gasteiger partial charge on any atom is 0.194 e. The summed E-state index contributed by atoms with van der Waals surface area (Å²) in [7, 11) is 7.40. The summed E-state index contributed by atoms with van der Waals surface area (Å²) >= 11 is 3.53. The molecule has 0 saturated heterocycles. The molecule has 1 aromatic heterocycles. The van der Waals surface area contributed by atoms with Crippen LogP contribution in [0, 0.1) is 0 Å². The lowest BCUT2D eigenvalue weighted by Crippen LogP contribution is -2.39. The lowest BCUT2D eigenvalue weighted by atomic mass is 10.1. The number of rotatable bonds is 8. The van der Waals surface area contributed by atoms with Gasteiger partial charge in [-0.25, -0.2) is 0 Å². The second kappa shape index (κ2) is 12.2. The van der Waals surface area contributed by atoms with Crippen molar-refractivity contribution in [2.45, 2.75) is 19.9 Å². The third-order valence-electron chi connectivity index (χ3n) is 4.28. The van der Waals surface area contributed by atoms with Crippen molar-refractivity contribution < 1.29 is 9.47 Å². The van der Waals surface area contributed by atoms with Crippen LogP contribution < -0.4 is 14.8 Å². The Morgan fingerprint density at radius 1 is 1.21 bits per heavy atom. The SMILES string of the molecule is CCNC(=NCCc1ccc(OC)c(OC)c1)N(C)Cc1cc(Br)cn1C.I. The molecule has 0 aliphatic rings. The monoisotopic (exact) mass is 564 g/mol. The Hall–Kier alpha value is -1.42. The van der Waals surface area contributed by atoms with E-state index in [2.05, 4.69) is 70.1 Å². The standard InChI is InChI=1S/C20H29BrN4O2.HI/c1-6-22-20(25(3)14-17-12-16(21)13-24(17)2)23-10-9-15-7-8-18(26-4)19(11-15)27-5;/h7-8,11-13H,6,9-10,14H2,1-5H3,(H,22,23);1H. The van der Waals surface area contributed by atoms with E-state index in [1.54, 1.807) is 14.2 Å². The Bertz CT molecular complexity index is 780. The topological polar surface area (TPSA) is 51.0 Å². The number of nitrogens with zero attached hydrogens (tertiary/aromatic N) is 3. The van der Waals surface area contributed by atoms with Gasteiger partial charge >= 0.3 is 0 Å². The van der Waals surface area contributed by atoms with E-state index in [1.807, 2.05) is 12.1 Å². The lowest BCUT2D eigenvalue weighted by molar-refractivity contribution is 0.354. The molecule has 0 aliphatic carbocycles. The van der Waals surface area contributed by atoms with E-state index < -0.39 is 0 Å². The van der Waals surface area contributed by atoms with Crippen molar-refractivity contribution >= 4 is 45.9 Å². The highest BCUT2D eigenvalue weighted by Crippen LogP contribution is 2.27. The second-order valence-electron chi connectivity index (χ2n) is 6.29. The van der Waals surface area contributed by atoms with Gasteiger partial charge in [0.05, 0.1) is 20.8 Å². The van der Waals surface area contributed by atoms with Crippen LogP contribution in [0.15, 0.2) is 39.9 Å². The zero-order valence-corrected chi connectivity index (χ0v) is 21.1. The minimum Gasteiger partial charge on any atom is -0.493 e. The highest BCUT2D eigenvalue weighted by molar-refractivity contribution is 14.0. The molecule has 0 bridgehead atoms. The average molecular weight is 565 g/mol. The molecular formula is C20H30BrIN4O2. The molecule has 1 heterocycles. The van der Waals surface area contributed by atoms with Crippen molar-refractivity contribution in [3.8, 4) is 11.5 Å². The van der Waals surface area contributed by atoms with Crippen molar-refractivity contribution in [1.29, 1.82) is 0 Å². The Morgan fingerprint density at radius 3 is 2.50 bits per heavy atom. The van der Waals surface area contributed by atoms with Crippen molar-refractivity contribution in [1.82, 2.24) is 14.8 Å². The molecule has 2 aromatic rings. The lowest BCUT2D eigenvalue weighted by Gasteiger charge is -2.22. The Labute approximate surface area is 193 Å². The number of hydrogen-bond acceptors (Lipinski definition) is 3. The minimum absolute atomic E-state index is 0. The number of aliphatic imine (C=N–C) groups is 1. The van der Waals surface area contributed by atoms with E-state index in [9.17, 15) is 0 Å². The molecule has 0 fully saturated rings. The molecule has 1 N–H and O–H groups in total. The molecule has 0 aliphatic heterocycles. The van der Waals surface area contributed by atoms with Crippen LogP contribution in [0.2, 0.25) is 0 Å². The number of aromatic nitrogens is 1. The second-order valence-corrected chi connectivity index (χ2v) is 7.21. The molecule has 0 atom stereocenters. The van der Waals surface area contributed by atoms with Gasteiger partial charge in [-0.15, -0.1) is 24.0 Å². The van der Waals surface area contributed by atoms with Gasteiger partial charge < -0.3 is 24.3 Å². The molecule has 2 rings (SSSR count). The van der Waals surface area contributed by atoms with Crippen molar-refractivity contribution in [2.24, 2.45) is 12.0 Å². The van der Waals surface area contributed by atoms with Gasteiger partial charge in [0.1, 0.15) is 0 Å². The van der Waals surface area contributed by atoms with E-state index in [1.165, 1.54) is 11.3 Å². The maximum atomic E-state index is 5.37. The van der Waals surface area contributed by atoms with Crippen molar-refractivity contribution in [2.75, 3.05) is 34.4 Å². The number of halogens is 2. The number of methoxy groups -OCH3 is 2. The summed E-state index contributed by atoms with van der Waals surface area (Å²) in [5.74, 6) is 2.39. The number of ether oxygens (including phenoxy) is 2. The third kappa shape index (κ3) is 6.88. The number of nitrogens with one attached hydrogen (secondary N) is 1. The molecular weight excluding hydrogens is 535 g/mol. The molecule has 8 heteroatoms. The number of benzene rings is 1. The molecule has 0 unspecified atom stereocenters. The Morgan fingerprint density at radius 2 is 1.93 bits per heavy atom. The summed E-state index contributed by atoms with van der Waals surface area (Å²) in [6.07, 6.45) is 2.89. The zero-order chi connectivity index (χ0) is 19.8. The fraction of sp³-hybridized carbons (Fsp3) is 0.450. The van der Waals surface area contributed by atoms with Crippen LogP contribution in [0.25, 0.3) is 0 Å². The summed E-state index contributed by atoms with van der Waals surface area (Å²) in [6, 6.07) is 8.12. The van der Waals surface area contributed by atoms with Gasteiger partial charge in [0.25, 0.3) is 0 Å². The van der Waals surface area contributed by atoms with Gasteiger partial charge in [0.2, 0.25) is 0 Å². The predicted molar refractivity (Wildman–Crippen MR) is 129 cm³/mol. The first-order chi connectivity index (χ1) is 13.0. The summed E-state index contributed by atoms with van der Waals surface area (Å²) in [5, 5.41) is 3.37. The summed E-state index contributed by atoms with van der Waals surface area (Å²) in [6.45, 7) is 4.39. The Balaban J connectivity index is 0.00000392. The molecule has 0 spiro atoms. The van der Waals surface area contributed by atoms with Crippen molar-refractivity contribution in [3.05, 3.63) is 46.2 Å². The van der Waals surface area contributed by atoms with Crippen LogP contribution >= 0.6 is 39.9 Å². The zero-order valence-electron chi connectivity index (χ0n) is 17.2. The van der Waals surface area contributed by atoms with Gasteiger partial charge in [0.15, 0.2) is 17.5 Å². The smallest absolute Gasteiger partial charge is 0.194 e. The molecule has 0 saturated carbocycles. The van der Waals surface area contributed by atoms with E-state index in [4.69, 9.17) is 14.5 Å². The molecule has 1 aromatic carbocycles. The number of guanidine groups is 1. The van der Waals surface area contributed by atoms with Crippen LogP contribution in [0.5, 0.6) is 11.5 Å². The van der Waals surface area contributed by atoms with Crippen LogP contribution in [-0.2, 0) is 20.0 Å². The highest BCUT2D eigenvalue weighted by atomic mass is 127. The van der Waals surface area contributed by atoms with E-state index >= 15 is 0 Å². The average Bonchev–Trinajstić information content (AvgIpc) is 2.97. The third-order valence-corrected chi connectivity index (χ3v) is 4.71. The van der Waals surface area contributed by atoms with Gasteiger partial charge in [-0.2, -0.15) is 0 Å². The van der Waals surface area contributed by atoms with Crippen LogP contribution in [0.1, 0.15) is 18.2 Å². The number of aryl methyl sites for hydroxylation is 1. The van der Waals surface area contributed by atoms with Crippen molar-refractivity contribution in [3.63, 3.8) is 0 Å². The van der Waals surface area contributed by atoms with Gasteiger partial charge in [-0.1, -0.05) is 6.07 Å². The summed E-state index contributed by atoms with van der Waals surface area (Å²) in [5.41, 5.74) is 2.39. The molecule has 6 nitrogen and oxygen atoms in total. The van der Waals surface area contributed by atoms with E-state index in [0.717, 1.165) is 41.4 Å². The number of hydrogen-bond donors (Lipinski definition) is 1. The molecule has 28 heavy (non-hydrogen) atoms. The summed E-state index contributed by atoms with van der Waals surface area (Å²) in [4.78, 5) is 6.92. The maximum absolute atomic E-state index is 5.37. The van der Waals surface area contributed by atoms with E-state index in [-0.39, 0.29) is 24.0 Å². The van der Waals surface area contributed by atoms with Gasteiger partial charge in [-0.05, 0) is 53.0 Å². The van der Waals surface area contributed by atoms with Crippen LogP contribution in [-0.4, -0.2) is 49.8 Å². The molecule has 0 radical (unpaired) electrons. The largest absolute Gasteiger partial charge is 0.493 e. The van der Waals surface area contributed by atoms with Crippen LogP contribution in [0.4, 0.5) is 0 Å². The van der Waals surface area contributed by atoms with Gasteiger partial charge in [-0.3, -0.25) is 4.99 Å². The first-order valence-corrected chi connectivity index (χ1v) is 9.78. The van der Waals surface area contributed by atoms with Crippen LogP contribution in [0.3, 0.4) is 0 Å². The molecule has 0 amide bonds. The fourth-order valence-electron chi connectivity index (χ4n) is 2.84. The minimum atomic E-state index is 0. The fourth-order valence-corrected chi connectivity index (χ4v) is 3.41. The normalized spacial score (nSPS) is 11.0. The van der Waals surface area contributed by atoms with E-state index in [0.29, 0.717) is 6.54 Å². The first-order valence-electron chi connectivity index (χ1n) is 8.99. The quantitative estimate of drug-likeness (QED) is 0.298. The molecule has 156 valence electrons. The summed E-state index contributed by atoms with van der Waals surface area (Å²) < 4.78 is 13.9. The Kier molecular flexibility index (Phi) is 10.7. The first kappa shape index (κ1) is 24.6. The highest BCUT2D eigenvalue weighted by Gasteiger charge is 2.10.